The zero-order valence-electron chi connectivity index (χ0n) is 10.8. The molecule has 20 heavy (non-hydrogen) atoms. The van der Waals surface area contributed by atoms with E-state index in [0.717, 1.165) is 6.07 Å². The Kier molecular flexibility index (Phi) is 5.75. The minimum absolute atomic E-state index is 0.121. The number of ether oxygens (including phenoxy) is 1. The van der Waals surface area contributed by atoms with E-state index >= 15 is 0 Å². The SMILES string of the molecule is COCCCC(Nc1cccc(C(F)(F)F)n1)C(=O)O. The van der Waals surface area contributed by atoms with Crippen LogP contribution in [0.1, 0.15) is 18.5 Å². The molecule has 0 aliphatic carbocycles. The van der Waals surface area contributed by atoms with E-state index in [-0.39, 0.29) is 12.2 Å². The Morgan fingerprint density at radius 1 is 1.50 bits per heavy atom. The van der Waals surface area contributed by atoms with Gasteiger partial charge >= 0.3 is 12.1 Å². The molecule has 0 aromatic carbocycles. The highest BCUT2D eigenvalue weighted by Gasteiger charge is 2.32. The number of aromatic nitrogens is 1. The van der Waals surface area contributed by atoms with E-state index in [4.69, 9.17) is 9.84 Å². The normalized spacial score (nSPS) is 13.0. The number of rotatable bonds is 7. The quantitative estimate of drug-likeness (QED) is 0.755. The second kappa shape index (κ2) is 7.09. The zero-order valence-corrected chi connectivity index (χ0v) is 10.8. The maximum Gasteiger partial charge on any atom is 0.433 e. The van der Waals surface area contributed by atoms with Crippen LogP contribution in [0.2, 0.25) is 0 Å². The molecule has 5 nitrogen and oxygen atoms in total. The monoisotopic (exact) mass is 292 g/mol. The molecule has 0 aliphatic rings. The van der Waals surface area contributed by atoms with Crippen molar-refractivity contribution in [2.24, 2.45) is 0 Å². The van der Waals surface area contributed by atoms with E-state index in [1.54, 1.807) is 0 Å². The lowest BCUT2D eigenvalue weighted by molar-refractivity contribution is -0.141. The van der Waals surface area contributed by atoms with Gasteiger partial charge in [-0.05, 0) is 25.0 Å². The number of aliphatic carboxylic acids is 1. The lowest BCUT2D eigenvalue weighted by Crippen LogP contribution is -2.30. The number of anilines is 1. The third kappa shape index (κ3) is 5.04. The van der Waals surface area contributed by atoms with Crippen molar-refractivity contribution in [3.63, 3.8) is 0 Å². The van der Waals surface area contributed by atoms with Crippen LogP contribution in [0.3, 0.4) is 0 Å². The summed E-state index contributed by atoms with van der Waals surface area (Å²) in [6, 6.07) is 2.28. The molecule has 0 fully saturated rings. The minimum atomic E-state index is -4.56. The summed E-state index contributed by atoms with van der Waals surface area (Å²) in [5.74, 6) is -1.27. The summed E-state index contributed by atoms with van der Waals surface area (Å²) in [7, 11) is 1.48. The second-order valence-electron chi connectivity index (χ2n) is 4.08. The summed E-state index contributed by atoms with van der Waals surface area (Å²) < 4.78 is 42.3. The number of carboxylic acids is 1. The molecule has 112 valence electrons. The fourth-order valence-corrected chi connectivity index (χ4v) is 1.54. The number of carbonyl (C=O) groups is 1. The lowest BCUT2D eigenvalue weighted by atomic mass is 10.1. The summed E-state index contributed by atoms with van der Waals surface area (Å²) >= 11 is 0. The molecular formula is C12H15F3N2O3. The van der Waals surface area contributed by atoms with Crippen LogP contribution in [0.15, 0.2) is 18.2 Å². The van der Waals surface area contributed by atoms with Crippen molar-refractivity contribution in [2.75, 3.05) is 19.0 Å². The largest absolute Gasteiger partial charge is 0.480 e. The fraction of sp³-hybridized carbons (Fsp3) is 0.500. The number of nitrogens with one attached hydrogen (secondary N) is 1. The van der Waals surface area contributed by atoms with Crippen molar-refractivity contribution in [3.05, 3.63) is 23.9 Å². The number of methoxy groups -OCH3 is 1. The van der Waals surface area contributed by atoms with Gasteiger partial charge in [0.15, 0.2) is 0 Å². The second-order valence-corrected chi connectivity index (χ2v) is 4.08. The van der Waals surface area contributed by atoms with Gasteiger partial charge < -0.3 is 15.2 Å². The number of nitrogens with zero attached hydrogens (tertiary/aromatic N) is 1. The maximum atomic E-state index is 12.5. The number of halogens is 3. The van der Waals surface area contributed by atoms with Crippen LogP contribution in [0, 0.1) is 0 Å². The molecule has 0 amide bonds. The molecule has 2 N–H and O–H groups in total. The zero-order chi connectivity index (χ0) is 15.2. The Morgan fingerprint density at radius 2 is 2.20 bits per heavy atom. The molecule has 1 aromatic heterocycles. The fourth-order valence-electron chi connectivity index (χ4n) is 1.54. The molecule has 0 aliphatic heterocycles. The van der Waals surface area contributed by atoms with Crippen molar-refractivity contribution in [3.8, 4) is 0 Å². The summed E-state index contributed by atoms with van der Waals surface area (Å²) in [6.07, 6.45) is -3.87. The van der Waals surface area contributed by atoms with Crippen LogP contribution >= 0.6 is 0 Å². The number of carboxylic acid groups (broad SMARTS) is 1. The number of alkyl halides is 3. The Labute approximate surface area is 113 Å². The maximum absolute atomic E-state index is 12.5. The summed E-state index contributed by atoms with van der Waals surface area (Å²) in [4.78, 5) is 14.4. The van der Waals surface area contributed by atoms with Gasteiger partial charge in [-0.1, -0.05) is 6.07 Å². The Bertz CT molecular complexity index is 452. The van der Waals surface area contributed by atoms with Gasteiger partial charge in [0, 0.05) is 13.7 Å². The molecule has 1 unspecified atom stereocenters. The van der Waals surface area contributed by atoms with Crippen LogP contribution in [-0.4, -0.2) is 35.8 Å². The van der Waals surface area contributed by atoms with Gasteiger partial charge in [0.1, 0.15) is 17.6 Å². The summed E-state index contributed by atoms with van der Waals surface area (Å²) in [5.41, 5.74) is -1.07. The number of hydrogen-bond donors (Lipinski definition) is 2. The highest BCUT2D eigenvalue weighted by Crippen LogP contribution is 2.28. The highest BCUT2D eigenvalue weighted by molar-refractivity contribution is 5.76. The molecule has 0 spiro atoms. The molecule has 0 saturated carbocycles. The van der Waals surface area contributed by atoms with Gasteiger partial charge in [-0.3, -0.25) is 0 Å². The van der Waals surface area contributed by atoms with E-state index in [2.05, 4.69) is 10.3 Å². The van der Waals surface area contributed by atoms with Crippen molar-refractivity contribution in [1.82, 2.24) is 4.98 Å². The first-order chi connectivity index (χ1) is 9.34. The molecule has 1 rings (SSSR count). The van der Waals surface area contributed by atoms with Gasteiger partial charge in [-0.2, -0.15) is 13.2 Å². The predicted octanol–water partition coefficient (Wildman–Crippen LogP) is 2.39. The van der Waals surface area contributed by atoms with E-state index in [9.17, 15) is 18.0 Å². The van der Waals surface area contributed by atoms with Gasteiger partial charge in [0.05, 0.1) is 0 Å². The molecular weight excluding hydrogens is 277 g/mol. The predicted molar refractivity (Wildman–Crippen MR) is 65.4 cm³/mol. The van der Waals surface area contributed by atoms with Crippen LogP contribution in [0.5, 0.6) is 0 Å². The van der Waals surface area contributed by atoms with E-state index in [1.165, 1.54) is 19.2 Å². The smallest absolute Gasteiger partial charge is 0.433 e. The first-order valence-corrected chi connectivity index (χ1v) is 5.87. The first-order valence-electron chi connectivity index (χ1n) is 5.87. The van der Waals surface area contributed by atoms with Gasteiger partial charge in [0.25, 0.3) is 0 Å². The first kappa shape index (κ1) is 16.2. The third-order valence-electron chi connectivity index (χ3n) is 2.50. The molecule has 0 bridgehead atoms. The van der Waals surface area contributed by atoms with Crippen molar-refractivity contribution < 1.29 is 27.8 Å². The van der Waals surface area contributed by atoms with Crippen LogP contribution < -0.4 is 5.32 Å². The molecule has 8 heteroatoms. The minimum Gasteiger partial charge on any atom is -0.480 e. The molecule has 1 atom stereocenters. The molecule has 0 radical (unpaired) electrons. The third-order valence-corrected chi connectivity index (χ3v) is 2.50. The van der Waals surface area contributed by atoms with E-state index in [1.807, 2.05) is 0 Å². The molecule has 1 heterocycles. The lowest BCUT2D eigenvalue weighted by Gasteiger charge is -2.15. The van der Waals surface area contributed by atoms with E-state index in [0.29, 0.717) is 13.0 Å². The Balaban J connectivity index is 2.76. The molecule has 1 aromatic rings. The van der Waals surface area contributed by atoms with Crippen molar-refractivity contribution in [1.29, 1.82) is 0 Å². The average molecular weight is 292 g/mol. The Hall–Kier alpha value is -1.83. The average Bonchev–Trinajstić information content (AvgIpc) is 2.37. The van der Waals surface area contributed by atoms with Gasteiger partial charge in [-0.15, -0.1) is 0 Å². The summed E-state index contributed by atoms with van der Waals surface area (Å²) in [5, 5.41) is 11.5. The van der Waals surface area contributed by atoms with Crippen molar-refractivity contribution >= 4 is 11.8 Å². The molecule has 0 saturated heterocycles. The standard InChI is InChI=1S/C12H15F3N2O3/c1-20-7-3-4-8(11(18)19)16-10-6-2-5-9(17-10)12(13,14)15/h2,5-6,8H,3-4,7H2,1H3,(H,16,17)(H,18,19). The van der Waals surface area contributed by atoms with Crippen LogP contribution in [-0.2, 0) is 15.7 Å². The van der Waals surface area contributed by atoms with Crippen LogP contribution in [0.4, 0.5) is 19.0 Å². The highest BCUT2D eigenvalue weighted by atomic mass is 19.4. The summed E-state index contributed by atoms with van der Waals surface area (Å²) in [6.45, 7) is 0.376. The topological polar surface area (TPSA) is 71.5 Å². The van der Waals surface area contributed by atoms with Crippen LogP contribution in [0.25, 0.3) is 0 Å². The number of pyridine rings is 1. The van der Waals surface area contributed by atoms with Crippen molar-refractivity contribution in [2.45, 2.75) is 25.1 Å². The van der Waals surface area contributed by atoms with Gasteiger partial charge in [-0.25, -0.2) is 9.78 Å². The Morgan fingerprint density at radius 3 is 2.75 bits per heavy atom. The van der Waals surface area contributed by atoms with Gasteiger partial charge in [0.2, 0.25) is 0 Å². The van der Waals surface area contributed by atoms with E-state index < -0.39 is 23.9 Å². The number of hydrogen-bond acceptors (Lipinski definition) is 4.